The number of nitrogens with one attached hydrogen (secondary N) is 1. The van der Waals surface area contributed by atoms with Crippen LogP contribution in [-0.4, -0.2) is 37.1 Å². The van der Waals surface area contributed by atoms with Gasteiger partial charge in [0, 0.05) is 6.04 Å². The van der Waals surface area contributed by atoms with Gasteiger partial charge in [-0.2, -0.15) is 0 Å². The van der Waals surface area contributed by atoms with Gasteiger partial charge in [-0.25, -0.2) is 0 Å². The lowest BCUT2D eigenvalue weighted by atomic mass is 10.1. The second kappa shape index (κ2) is 7.24. The summed E-state index contributed by atoms with van der Waals surface area (Å²) in [5, 5.41) is 3.48. The molecule has 1 heterocycles. The van der Waals surface area contributed by atoms with Gasteiger partial charge in [0.05, 0.1) is 0 Å². The van der Waals surface area contributed by atoms with Gasteiger partial charge in [0.25, 0.3) is 0 Å². The fourth-order valence-electron chi connectivity index (χ4n) is 2.15. The molecule has 0 aromatic carbocycles. The highest BCUT2D eigenvalue weighted by atomic mass is 15.2. The van der Waals surface area contributed by atoms with E-state index in [1.165, 1.54) is 58.3 Å². The van der Waals surface area contributed by atoms with E-state index in [4.69, 9.17) is 0 Å². The molecule has 1 aliphatic rings. The van der Waals surface area contributed by atoms with E-state index >= 15 is 0 Å². The normalized spacial score (nSPS) is 21.0. The Morgan fingerprint density at radius 2 is 1.86 bits per heavy atom. The maximum absolute atomic E-state index is 3.48. The van der Waals surface area contributed by atoms with E-state index in [0.29, 0.717) is 0 Å². The molecule has 2 nitrogen and oxygen atoms in total. The van der Waals surface area contributed by atoms with Crippen LogP contribution in [0.2, 0.25) is 0 Å². The fraction of sp³-hybridized carbons (Fsp3) is 1.00. The van der Waals surface area contributed by atoms with Crippen LogP contribution >= 0.6 is 0 Å². The minimum atomic E-state index is 0.777. The molecule has 1 unspecified atom stereocenters. The van der Waals surface area contributed by atoms with Gasteiger partial charge < -0.3 is 10.2 Å². The predicted molar refractivity (Wildman–Crippen MR) is 62.7 cm³/mol. The van der Waals surface area contributed by atoms with Crippen LogP contribution in [0.1, 0.15) is 46.0 Å². The van der Waals surface area contributed by atoms with Crippen molar-refractivity contribution < 1.29 is 0 Å². The summed E-state index contributed by atoms with van der Waals surface area (Å²) in [6, 6.07) is 0.777. The van der Waals surface area contributed by atoms with Gasteiger partial charge in [-0.05, 0) is 58.8 Å². The number of piperidine rings is 1. The first kappa shape index (κ1) is 12.0. The summed E-state index contributed by atoms with van der Waals surface area (Å²) in [4.78, 5) is 2.65. The molecule has 0 aliphatic carbocycles. The third-order valence-electron chi connectivity index (χ3n) is 3.18. The number of nitrogens with zero attached hydrogens (tertiary/aromatic N) is 1. The number of hydrogen-bond acceptors (Lipinski definition) is 2. The maximum Gasteiger partial charge on any atom is 0.00790 e. The molecule has 0 aromatic rings. The summed E-state index contributed by atoms with van der Waals surface area (Å²) in [6.07, 6.45) is 6.81. The van der Waals surface area contributed by atoms with Gasteiger partial charge in [0.1, 0.15) is 0 Å². The molecule has 1 N–H and O–H groups in total. The lowest BCUT2D eigenvalue weighted by Crippen LogP contribution is -2.39. The summed E-state index contributed by atoms with van der Waals surface area (Å²) in [7, 11) is 0. The second-order valence-electron chi connectivity index (χ2n) is 4.48. The zero-order valence-electron chi connectivity index (χ0n) is 9.89. The largest absolute Gasteiger partial charge is 0.317 e. The van der Waals surface area contributed by atoms with Crippen molar-refractivity contribution in [3.05, 3.63) is 0 Å². The average molecular weight is 198 g/mol. The van der Waals surface area contributed by atoms with Crippen LogP contribution in [0.25, 0.3) is 0 Å². The Morgan fingerprint density at radius 1 is 1.14 bits per heavy atom. The lowest BCUT2D eigenvalue weighted by molar-refractivity contribution is 0.166. The third-order valence-corrected chi connectivity index (χ3v) is 3.18. The van der Waals surface area contributed by atoms with E-state index in [2.05, 4.69) is 24.1 Å². The Bertz CT molecular complexity index is 130. The maximum atomic E-state index is 3.48. The summed E-state index contributed by atoms with van der Waals surface area (Å²) in [6.45, 7) is 9.61. The van der Waals surface area contributed by atoms with Gasteiger partial charge in [-0.1, -0.05) is 13.3 Å². The van der Waals surface area contributed by atoms with E-state index in [-0.39, 0.29) is 0 Å². The molecule has 1 fully saturated rings. The van der Waals surface area contributed by atoms with E-state index in [1.54, 1.807) is 0 Å². The standard InChI is InChI=1S/C12H26N2/c1-3-8-13-9-7-12(2)14-10-5-4-6-11-14/h12-13H,3-11H2,1-2H3. The van der Waals surface area contributed by atoms with Crippen LogP contribution < -0.4 is 5.32 Å². The monoisotopic (exact) mass is 198 g/mol. The van der Waals surface area contributed by atoms with Gasteiger partial charge >= 0.3 is 0 Å². The molecule has 1 atom stereocenters. The molecule has 84 valence electrons. The van der Waals surface area contributed by atoms with Crippen LogP contribution in [0.4, 0.5) is 0 Å². The second-order valence-corrected chi connectivity index (χ2v) is 4.48. The van der Waals surface area contributed by atoms with Crippen molar-refractivity contribution >= 4 is 0 Å². The van der Waals surface area contributed by atoms with Crippen molar-refractivity contribution in [2.24, 2.45) is 0 Å². The van der Waals surface area contributed by atoms with Crippen molar-refractivity contribution in [1.82, 2.24) is 10.2 Å². The van der Waals surface area contributed by atoms with E-state index < -0.39 is 0 Å². The molecule has 0 bridgehead atoms. The van der Waals surface area contributed by atoms with Crippen molar-refractivity contribution in [3.63, 3.8) is 0 Å². The van der Waals surface area contributed by atoms with Gasteiger partial charge in [0.15, 0.2) is 0 Å². The van der Waals surface area contributed by atoms with Crippen molar-refractivity contribution in [2.45, 2.75) is 52.0 Å². The summed E-state index contributed by atoms with van der Waals surface area (Å²) in [5.74, 6) is 0. The van der Waals surface area contributed by atoms with Crippen molar-refractivity contribution in [3.8, 4) is 0 Å². The molecular formula is C12H26N2. The van der Waals surface area contributed by atoms with Crippen LogP contribution in [0.15, 0.2) is 0 Å². The molecule has 0 amide bonds. The Hall–Kier alpha value is -0.0800. The van der Waals surface area contributed by atoms with Crippen LogP contribution in [-0.2, 0) is 0 Å². The molecular weight excluding hydrogens is 172 g/mol. The summed E-state index contributed by atoms with van der Waals surface area (Å²) < 4.78 is 0. The fourth-order valence-corrected chi connectivity index (χ4v) is 2.15. The van der Waals surface area contributed by atoms with Gasteiger partial charge in [0.2, 0.25) is 0 Å². The molecule has 0 spiro atoms. The summed E-state index contributed by atoms with van der Waals surface area (Å²) in [5.41, 5.74) is 0. The highest BCUT2D eigenvalue weighted by Crippen LogP contribution is 2.13. The molecule has 1 aliphatic heterocycles. The topological polar surface area (TPSA) is 15.3 Å². The van der Waals surface area contributed by atoms with Gasteiger partial charge in [-0.3, -0.25) is 0 Å². The predicted octanol–water partition coefficient (Wildman–Crippen LogP) is 2.25. The smallest absolute Gasteiger partial charge is 0.00790 e. The zero-order chi connectivity index (χ0) is 10.2. The quantitative estimate of drug-likeness (QED) is 0.659. The number of hydrogen-bond donors (Lipinski definition) is 1. The highest BCUT2D eigenvalue weighted by Gasteiger charge is 2.15. The molecule has 1 rings (SSSR count). The minimum Gasteiger partial charge on any atom is -0.317 e. The van der Waals surface area contributed by atoms with Crippen molar-refractivity contribution in [1.29, 1.82) is 0 Å². The Balaban J connectivity index is 2.04. The Labute approximate surface area is 89.1 Å². The Kier molecular flexibility index (Phi) is 6.20. The molecule has 0 radical (unpaired) electrons. The first-order valence-electron chi connectivity index (χ1n) is 6.29. The van der Waals surface area contributed by atoms with E-state index in [1.807, 2.05) is 0 Å². The van der Waals surface area contributed by atoms with Crippen LogP contribution in [0.3, 0.4) is 0 Å². The SMILES string of the molecule is CCCNCCC(C)N1CCCCC1. The average Bonchev–Trinajstić information content (AvgIpc) is 2.25. The van der Waals surface area contributed by atoms with Crippen molar-refractivity contribution in [2.75, 3.05) is 26.2 Å². The molecule has 14 heavy (non-hydrogen) atoms. The minimum absolute atomic E-state index is 0.777. The van der Waals surface area contributed by atoms with Crippen LogP contribution in [0, 0.1) is 0 Å². The van der Waals surface area contributed by atoms with Gasteiger partial charge in [-0.15, -0.1) is 0 Å². The molecule has 0 saturated carbocycles. The number of likely N-dealkylation sites (tertiary alicyclic amines) is 1. The van der Waals surface area contributed by atoms with E-state index in [0.717, 1.165) is 6.04 Å². The first-order chi connectivity index (χ1) is 6.84. The zero-order valence-corrected chi connectivity index (χ0v) is 9.89. The third kappa shape index (κ3) is 4.43. The molecule has 2 heteroatoms. The highest BCUT2D eigenvalue weighted by molar-refractivity contribution is 4.71. The first-order valence-corrected chi connectivity index (χ1v) is 6.29. The van der Waals surface area contributed by atoms with E-state index in [9.17, 15) is 0 Å². The molecule has 1 saturated heterocycles. The Morgan fingerprint density at radius 3 is 2.50 bits per heavy atom. The van der Waals surface area contributed by atoms with Crippen LogP contribution in [0.5, 0.6) is 0 Å². The number of rotatable bonds is 6. The summed E-state index contributed by atoms with van der Waals surface area (Å²) >= 11 is 0. The lowest BCUT2D eigenvalue weighted by Gasteiger charge is -2.32. The molecule has 0 aromatic heterocycles.